The van der Waals surface area contributed by atoms with E-state index in [0.717, 1.165) is 49.6 Å². The van der Waals surface area contributed by atoms with Gasteiger partial charge in [0.2, 0.25) is 0 Å². The Morgan fingerprint density at radius 3 is 2.31 bits per heavy atom. The molecule has 0 N–H and O–H groups in total. The molecule has 7 nitrogen and oxygen atoms in total. The summed E-state index contributed by atoms with van der Waals surface area (Å²) < 4.78 is 10.8. The Balaban J connectivity index is 1.51. The second-order valence-electron chi connectivity index (χ2n) is 7.67. The van der Waals surface area contributed by atoms with Gasteiger partial charge in [0, 0.05) is 45.5 Å². The fourth-order valence-electron chi connectivity index (χ4n) is 4.02. The first-order valence-electron chi connectivity index (χ1n) is 10.0. The topological polar surface area (TPSA) is 58.1 Å². The molecule has 7 heteroatoms. The van der Waals surface area contributed by atoms with E-state index in [-0.39, 0.29) is 5.91 Å². The fourth-order valence-corrected chi connectivity index (χ4v) is 4.02. The van der Waals surface area contributed by atoms with Gasteiger partial charge in [-0.1, -0.05) is 0 Å². The Morgan fingerprint density at radius 2 is 1.62 bits per heavy atom. The minimum absolute atomic E-state index is 0.0221. The third kappa shape index (κ3) is 4.00. The number of methoxy groups -OCH3 is 2. The molecule has 0 bridgehead atoms. The van der Waals surface area contributed by atoms with Gasteiger partial charge in [0.1, 0.15) is 0 Å². The van der Waals surface area contributed by atoms with E-state index >= 15 is 0 Å². The SMILES string of the molecule is COc1cc2c(cc1OC)CN(C(=O)c1cncc(N3CCN(C)CC3)c1)CC2. The summed E-state index contributed by atoms with van der Waals surface area (Å²) in [6.07, 6.45) is 4.32. The maximum atomic E-state index is 13.2. The molecule has 0 aliphatic carbocycles. The van der Waals surface area contributed by atoms with E-state index < -0.39 is 0 Å². The number of fused-ring (bicyclic) bond motifs is 1. The highest BCUT2D eigenvalue weighted by Gasteiger charge is 2.25. The van der Waals surface area contributed by atoms with Gasteiger partial charge in [0.05, 0.1) is 31.7 Å². The molecular formula is C22H28N4O3. The average molecular weight is 396 g/mol. The Hall–Kier alpha value is -2.80. The number of ether oxygens (including phenoxy) is 2. The van der Waals surface area contributed by atoms with Crippen molar-refractivity contribution >= 4 is 11.6 Å². The van der Waals surface area contributed by atoms with Crippen LogP contribution in [-0.4, -0.2) is 74.7 Å². The number of amides is 1. The number of carbonyl (C=O) groups excluding carboxylic acids is 1. The van der Waals surface area contributed by atoms with Crippen LogP contribution < -0.4 is 14.4 Å². The van der Waals surface area contributed by atoms with Crippen LogP contribution in [0, 0.1) is 0 Å². The summed E-state index contributed by atoms with van der Waals surface area (Å²) >= 11 is 0. The van der Waals surface area contributed by atoms with Gasteiger partial charge >= 0.3 is 0 Å². The second-order valence-corrected chi connectivity index (χ2v) is 7.67. The average Bonchev–Trinajstić information content (AvgIpc) is 2.77. The van der Waals surface area contributed by atoms with Crippen molar-refractivity contribution in [3.8, 4) is 11.5 Å². The third-order valence-corrected chi connectivity index (χ3v) is 5.84. The zero-order chi connectivity index (χ0) is 20.4. The van der Waals surface area contributed by atoms with Crippen LogP contribution in [0.1, 0.15) is 21.5 Å². The molecule has 4 rings (SSSR count). The van der Waals surface area contributed by atoms with Crippen molar-refractivity contribution in [1.29, 1.82) is 0 Å². The number of hydrogen-bond donors (Lipinski definition) is 0. The Kier molecular flexibility index (Phi) is 5.58. The summed E-state index contributed by atoms with van der Waals surface area (Å²) in [5, 5.41) is 0. The molecule has 0 spiro atoms. The van der Waals surface area contributed by atoms with Crippen molar-refractivity contribution in [2.24, 2.45) is 0 Å². The number of pyridine rings is 1. The molecule has 0 atom stereocenters. The summed E-state index contributed by atoms with van der Waals surface area (Å²) in [6, 6.07) is 5.98. The lowest BCUT2D eigenvalue weighted by Crippen LogP contribution is -2.44. The van der Waals surface area contributed by atoms with E-state index in [2.05, 4.69) is 21.8 Å². The van der Waals surface area contributed by atoms with E-state index in [1.807, 2.05) is 29.3 Å². The molecule has 0 radical (unpaired) electrons. The van der Waals surface area contributed by atoms with Gasteiger partial charge in [-0.25, -0.2) is 0 Å². The Bertz CT molecular complexity index is 894. The molecule has 2 aliphatic heterocycles. The van der Waals surface area contributed by atoms with Crippen LogP contribution in [0.4, 0.5) is 5.69 Å². The summed E-state index contributed by atoms with van der Waals surface area (Å²) in [7, 11) is 5.41. The maximum absolute atomic E-state index is 13.2. The summed E-state index contributed by atoms with van der Waals surface area (Å²) in [5.74, 6) is 1.45. The first kappa shape index (κ1) is 19.5. The number of anilines is 1. The lowest BCUT2D eigenvalue weighted by Gasteiger charge is -2.34. The molecule has 0 unspecified atom stereocenters. The molecule has 154 valence electrons. The first-order valence-corrected chi connectivity index (χ1v) is 10.0. The standard InChI is InChI=1S/C22H28N4O3/c1-24-6-8-25(9-7-24)19-10-17(13-23-14-19)22(27)26-5-4-16-11-20(28-2)21(29-3)12-18(16)15-26/h10-14H,4-9,15H2,1-3H3. The molecule has 1 amide bonds. The molecule has 0 saturated carbocycles. The molecule has 1 aromatic heterocycles. The van der Waals surface area contributed by atoms with E-state index in [1.54, 1.807) is 20.4 Å². The minimum Gasteiger partial charge on any atom is -0.493 e. The summed E-state index contributed by atoms with van der Waals surface area (Å²) in [5.41, 5.74) is 3.97. The van der Waals surface area contributed by atoms with E-state index in [1.165, 1.54) is 5.56 Å². The largest absolute Gasteiger partial charge is 0.493 e. The molecule has 2 aromatic rings. The number of likely N-dealkylation sites (N-methyl/N-ethyl adjacent to an activating group) is 1. The van der Waals surface area contributed by atoms with Crippen molar-refractivity contribution in [2.75, 3.05) is 58.9 Å². The molecule has 2 aliphatic rings. The highest BCUT2D eigenvalue weighted by atomic mass is 16.5. The molecular weight excluding hydrogens is 368 g/mol. The normalized spacial score (nSPS) is 17.1. The van der Waals surface area contributed by atoms with Gasteiger partial charge in [0.15, 0.2) is 11.5 Å². The monoisotopic (exact) mass is 396 g/mol. The number of hydrogen-bond acceptors (Lipinski definition) is 6. The number of aromatic nitrogens is 1. The third-order valence-electron chi connectivity index (χ3n) is 5.84. The Labute approximate surface area is 171 Å². The van der Waals surface area contributed by atoms with Crippen molar-refractivity contribution in [3.05, 3.63) is 47.3 Å². The van der Waals surface area contributed by atoms with Gasteiger partial charge in [-0.2, -0.15) is 0 Å². The van der Waals surface area contributed by atoms with Gasteiger partial charge in [-0.3, -0.25) is 9.78 Å². The molecule has 3 heterocycles. The van der Waals surface area contributed by atoms with Crippen molar-refractivity contribution in [3.63, 3.8) is 0 Å². The Morgan fingerprint density at radius 1 is 0.931 bits per heavy atom. The highest BCUT2D eigenvalue weighted by Crippen LogP contribution is 2.33. The van der Waals surface area contributed by atoms with Gasteiger partial charge in [-0.15, -0.1) is 0 Å². The first-order chi connectivity index (χ1) is 14.1. The molecule has 29 heavy (non-hydrogen) atoms. The van der Waals surface area contributed by atoms with Crippen LogP contribution >= 0.6 is 0 Å². The number of benzene rings is 1. The smallest absolute Gasteiger partial charge is 0.255 e. The molecule has 1 fully saturated rings. The van der Waals surface area contributed by atoms with Crippen molar-refractivity contribution < 1.29 is 14.3 Å². The minimum atomic E-state index is 0.0221. The lowest BCUT2D eigenvalue weighted by atomic mass is 9.98. The number of carbonyl (C=O) groups is 1. The molecule has 1 saturated heterocycles. The van der Waals surface area contributed by atoms with Crippen LogP contribution in [0.15, 0.2) is 30.6 Å². The summed E-state index contributed by atoms with van der Waals surface area (Å²) in [6.45, 7) is 5.19. The van der Waals surface area contributed by atoms with E-state index in [9.17, 15) is 4.79 Å². The van der Waals surface area contributed by atoms with E-state index in [0.29, 0.717) is 24.4 Å². The predicted octanol–water partition coefficient (Wildman–Crippen LogP) is 2.05. The fraction of sp³-hybridized carbons (Fsp3) is 0.455. The van der Waals surface area contributed by atoms with Crippen molar-refractivity contribution in [2.45, 2.75) is 13.0 Å². The van der Waals surface area contributed by atoms with Crippen molar-refractivity contribution in [1.82, 2.24) is 14.8 Å². The van der Waals surface area contributed by atoms with Crippen LogP contribution in [0.25, 0.3) is 0 Å². The van der Waals surface area contributed by atoms with Crippen LogP contribution in [0.2, 0.25) is 0 Å². The lowest BCUT2D eigenvalue weighted by molar-refractivity contribution is 0.0734. The van der Waals surface area contributed by atoms with Gasteiger partial charge < -0.3 is 24.2 Å². The predicted molar refractivity (Wildman–Crippen MR) is 112 cm³/mol. The molecule has 1 aromatic carbocycles. The maximum Gasteiger partial charge on any atom is 0.255 e. The number of nitrogens with zero attached hydrogens (tertiary/aromatic N) is 4. The van der Waals surface area contributed by atoms with Gasteiger partial charge in [-0.05, 0) is 42.8 Å². The van der Waals surface area contributed by atoms with E-state index in [4.69, 9.17) is 9.47 Å². The van der Waals surface area contributed by atoms with Crippen LogP contribution in [0.3, 0.4) is 0 Å². The highest BCUT2D eigenvalue weighted by molar-refractivity contribution is 5.95. The van der Waals surface area contributed by atoms with Gasteiger partial charge in [0.25, 0.3) is 5.91 Å². The number of piperazine rings is 1. The van der Waals surface area contributed by atoms with Crippen LogP contribution in [-0.2, 0) is 13.0 Å². The summed E-state index contributed by atoms with van der Waals surface area (Å²) in [4.78, 5) is 24.0. The van der Waals surface area contributed by atoms with Crippen LogP contribution in [0.5, 0.6) is 11.5 Å². The number of rotatable bonds is 4. The quantitative estimate of drug-likeness (QED) is 0.789. The zero-order valence-electron chi connectivity index (χ0n) is 17.4. The zero-order valence-corrected chi connectivity index (χ0v) is 17.4. The second kappa shape index (κ2) is 8.29.